The van der Waals surface area contributed by atoms with Crippen LogP contribution in [0.3, 0.4) is 0 Å². The molecule has 0 aliphatic heterocycles. The van der Waals surface area contributed by atoms with Gasteiger partial charge in [-0.1, -0.05) is 39.7 Å². The van der Waals surface area contributed by atoms with E-state index in [0.29, 0.717) is 29.4 Å². The third-order valence-electron chi connectivity index (χ3n) is 12.4. The first kappa shape index (κ1) is 29.5. The Morgan fingerprint density at radius 2 is 1.82 bits per heavy atom. The van der Waals surface area contributed by atoms with E-state index < -0.39 is 18.1 Å². The van der Waals surface area contributed by atoms with Gasteiger partial charge in [-0.2, -0.15) is 0 Å². The van der Waals surface area contributed by atoms with Crippen LogP contribution >= 0.6 is 0 Å². The van der Waals surface area contributed by atoms with Crippen molar-refractivity contribution < 1.29 is 30.0 Å². The van der Waals surface area contributed by atoms with Crippen molar-refractivity contribution in [3.05, 3.63) is 29.3 Å². The number of ketones is 1. The molecule has 1 aromatic rings. The Morgan fingerprint density at radius 3 is 2.55 bits per heavy atom. The summed E-state index contributed by atoms with van der Waals surface area (Å²) in [5.74, 6) is 0.617. The van der Waals surface area contributed by atoms with Crippen molar-refractivity contribution in [1.82, 2.24) is 0 Å². The summed E-state index contributed by atoms with van der Waals surface area (Å²) in [6.45, 7) is 6.87. The smallest absolute Gasteiger partial charge is 0.320 e. The van der Waals surface area contributed by atoms with E-state index >= 15 is 0 Å². The van der Waals surface area contributed by atoms with Crippen LogP contribution in [0.15, 0.2) is 18.2 Å². The molecule has 7 nitrogen and oxygen atoms in total. The number of aromatic hydroxyl groups is 1. The molecule has 0 spiro atoms. The van der Waals surface area contributed by atoms with Gasteiger partial charge in [-0.05, 0) is 115 Å². The minimum absolute atomic E-state index is 0.0193. The van der Waals surface area contributed by atoms with Crippen molar-refractivity contribution in [1.29, 1.82) is 0 Å². The molecule has 4 aliphatic rings. The lowest BCUT2D eigenvalue weighted by atomic mass is 9.43. The van der Waals surface area contributed by atoms with Crippen molar-refractivity contribution in [2.45, 2.75) is 110 Å². The number of nitrogens with two attached hydrogens (primary N) is 1. The van der Waals surface area contributed by atoms with Crippen molar-refractivity contribution >= 4 is 11.8 Å². The van der Waals surface area contributed by atoms with E-state index in [-0.39, 0.29) is 65.0 Å². The number of aliphatic hydroxyl groups excluding tert-OH is 2. The standard InChI is InChI=1S/C33H49NO6/c1-18(7-12-27(36)22-16-21(35)9-8-19(22)14-26(34)31(39)40)23-10-11-24-30-25(17-29(38)33(23,24)3)32(2)13-5-4-6-20(32)15-28(30)37/h8-9,16,18,20,23-26,28-30,35,37-38H,4-7,10-15,17,34H2,1-3H3,(H,39,40). The maximum Gasteiger partial charge on any atom is 0.320 e. The molecule has 11 unspecified atom stereocenters. The van der Waals surface area contributed by atoms with Crippen LogP contribution in [0.4, 0.5) is 0 Å². The van der Waals surface area contributed by atoms with Gasteiger partial charge in [-0.15, -0.1) is 0 Å². The number of carbonyl (C=O) groups excluding carboxylic acids is 1. The lowest BCUT2D eigenvalue weighted by Gasteiger charge is -2.63. The van der Waals surface area contributed by atoms with E-state index in [1.54, 1.807) is 6.07 Å². The summed E-state index contributed by atoms with van der Waals surface area (Å²) in [7, 11) is 0. The second kappa shape index (κ2) is 11.0. The Hall–Kier alpha value is -1.96. The number of hydrogen-bond donors (Lipinski definition) is 5. The molecule has 7 heteroatoms. The van der Waals surface area contributed by atoms with Crippen molar-refractivity contribution in [3.8, 4) is 5.75 Å². The third kappa shape index (κ3) is 4.90. The number of carboxylic acids is 1. The van der Waals surface area contributed by atoms with Crippen molar-refractivity contribution in [2.75, 3.05) is 0 Å². The van der Waals surface area contributed by atoms with Gasteiger partial charge in [0.1, 0.15) is 11.8 Å². The molecule has 4 saturated carbocycles. The zero-order chi connectivity index (χ0) is 29.0. The molecule has 0 saturated heterocycles. The number of phenolic OH excluding ortho intramolecular Hbond substituents is 1. The zero-order valence-electron chi connectivity index (χ0n) is 24.4. The molecule has 11 atom stereocenters. The minimum Gasteiger partial charge on any atom is -0.508 e. The van der Waals surface area contributed by atoms with Gasteiger partial charge < -0.3 is 26.2 Å². The van der Waals surface area contributed by atoms with Gasteiger partial charge in [0.25, 0.3) is 0 Å². The molecule has 0 radical (unpaired) electrons. The van der Waals surface area contributed by atoms with Crippen LogP contribution in [0.25, 0.3) is 0 Å². The highest BCUT2D eigenvalue weighted by Gasteiger charge is 2.65. The minimum atomic E-state index is -1.13. The summed E-state index contributed by atoms with van der Waals surface area (Å²) in [6.07, 6.45) is 8.82. The van der Waals surface area contributed by atoms with Gasteiger partial charge in [0.05, 0.1) is 12.2 Å². The Bertz CT molecular complexity index is 1120. The molecule has 40 heavy (non-hydrogen) atoms. The highest BCUT2D eigenvalue weighted by molar-refractivity contribution is 5.98. The van der Waals surface area contributed by atoms with Crippen LogP contribution in [0.2, 0.25) is 0 Å². The van der Waals surface area contributed by atoms with E-state index in [1.807, 2.05) is 0 Å². The molecule has 0 amide bonds. The van der Waals surface area contributed by atoms with E-state index in [2.05, 4.69) is 20.8 Å². The predicted molar refractivity (Wildman–Crippen MR) is 153 cm³/mol. The molecule has 5 rings (SSSR count). The van der Waals surface area contributed by atoms with E-state index in [0.717, 1.165) is 25.7 Å². The van der Waals surface area contributed by atoms with Gasteiger partial charge in [-0.25, -0.2) is 0 Å². The van der Waals surface area contributed by atoms with Crippen LogP contribution in [0, 0.1) is 46.3 Å². The average molecular weight is 556 g/mol. The molecule has 0 aromatic heterocycles. The Kier molecular flexibility index (Phi) is 8.14. The lowest BCUT2D eigenvalue weighted by molar-refractivity contribution is -0.201. The molecule has 222 valence electrons. The van der Waals surface area contributed by atoms with Crippen molar-refractivity contribution in [3.63, 3.8) is 0 Å². The van der Waals surface area contributed by atoms with Crippen LogP contribution in [-0.2, 0) is 11.2 Å². The van der Waals surface area contributed by atoms with Crippen molar-refractivity contribution in [2.24, 2.45) is 52.1 Å². The Labute approximate surface area is 238 Å². The molecular weight excluding hydrogens is 506 g/mol. The maximum atomic E-state index is 13.3. The number of carboxylic acid groups (broad SMARTS) is 1. The number of carbonyl (C=O) groups is 2. The summed E-state index contributed by atoms with van der Waals surface area (Å²) in [5.41, 5.74) is 6.53. The second-order valence-corrected chi connectivity index (χ2v) is 14.3. The summed E-state index contributed by atoms with van der Waals surface area (Å²) < 4.78 is 0. The predicted octanol–water partition coefficient (Wildman–Crippen LogP) is 4.94. The third-order valence-corrected chi connectivity index (χ3v) is 12.4. The van der Waals surface area contributed by atoms with Crippen LogP contribution in [0.5, 0.6) is 5.75 Å². The maximum absolute atomic E-state index is 13.3. The number of aliphatic carboxylic acids is 1. The number of benzene rings is 1. The first-order chi connectivity index (χ1) is 18.9. The summed E-state index contributed by atoms with van der Waals surface area (Å²) in [6, 6.07) is 3.33. The summed E-state index contributed by atoms with van der Waals surface area (Å²) in [5, 5.41) is 42.5. The van der Waals surface area contributed by atoms with Crippen LogP contribution in [-0.4, -0.2) is 50.4 Å². The highest BCUT2D eigenvalue weighted by atomic mass is 16.4. The fourth-order valence-corrected chi connectivity index (χ4v) is 10.2. The fourth-order valence-electron chi connectivity index (χ4n) is 10.2. The van der Waals surface area contributed by atoms with Gasteiger partial charge in [0, 0.05) is 12.0 Å². The van der Waals surface area contributed by atoms with Gasteiger partial charge in [0.15, 0.2) is 5.78 Å². The highest BCUT2D eigenvalue weighted by Crippen LogP contribution is 2.68. The SMILES string of the molecule is CC(CCC(=O)c1cc(O)ccc1CC(N)C(=O)O)C1CCC2C3C(O)CC4CCCCC4(C)C3CC(O)C12C. The number of aliphatic hydroxyl groups is 2. The Morgan fingerprint density at radius 1 is 1.07 bits per heavy atom. The quantitative estimate of drug-likeness (QED) is 0.286. The van der Waals surface area contributed by atoms with Crippen LogP contribution in [0.1, 0.15) is 101 Å². The molecule has 0 bridgehead atoms. The van der Waals surface area contributed by atoms with E-state index in [9.17, 15) is 30.0 Å². The fraction of sp³-hybridized carbons (Fsp3) is 0.758. The number of rotatable bonds is 8. The largest absolute Gasteiger partial charge is 0.508 e. The molecular formula is C33H49NO6. The summed E-state index contributed by atoms with van der Waals surface area (Å²) >= 11 is 0. The monoisotopic (exact) mass is 555 g/mol. The number of Topliss-reactive ketones (excluding diaryl/α,β-unsaturated/α-hetero) is 1. The topological polar surface area (TPSA) is 141 Å². The normalized spacial score (nSPS) is 40.4. The summed E-state index contributed by atoms with van der Waals surface area (Å²) in [4.78, 5) is 24.6. The zero-order valence-corrected chi connectivity index (χ0v) is 24.4. The number of fused-ring (bicyclic) bond motifs is 5. The molecule has 4 fully saturated rings. The van der Waals surface area contributed by atoms with Gasteiger partial charge >= 0.3 is 5.97 Å². The molecule has 1 aromatic carbocycles. The van der Waals surface area contributed by atoms with Gasteiger partial charge in [0.2, 0.25) is 0 Å². The number of hydrogen-bond acceptors (Lipinski definition) is 6. The number of phenols is 1. The lowest BCUT2D eigenvalue weighted by Crippen LogP contribution is -2.61. The molecule has 0 heterocycles. The van der Waals surface area contributed by atoms with Gasteiger partial charge in [-0.3, -0.25) is 9.59 Å². The average Bonchev–Trinajstić information content (AvgIpc) is 3.27. The second-order valence-electron chi connectivity index (χ2n) is 14.3. The van der Waals surface area contributed by atoms with Crippen LogP contribution < -0.4 is 5.73 Å². The van der Waals surface area contributed by atoms with E-state index in [1.165, 1.54) is 37.8 Å². The molecule has 4 aliphatic carbocycles. The first-order valence-corrected chi connectivity index (χ1v) is 15.6. The Balaban J connectivity index is 1.30. The first-order valence-electron chi connectivity index (χ1n) is 15.6. The van der Waals surface area contributed by atoms with E-state index in [4.69, 9.17) is 5.73 Å². The molecule has 6 N–H and O–H groups in total.